The Bertz CT molecular complexity index is 1140. The van der Waals surface area contributed by atoms with E-state index in [1.54, 1.807) is 24.3 Å². The molecule has 1 saturated heterocycles. The molecule has 33 heavy (non-hydrogen) atoms. The van der Waals surface area contributed by atoms with E-state index in [9.17, 15) is 9.59 Å². The number of anilines is 1. The van der Waals surface area contributed by atoms with Gasteiger partial charge < -0.3 is 10.2 Å². The fourth-order valence-corrected chi connectivity index (χ4v) is 5.27. The SMILES string of the molecule is CCCN1c2ccc(/C=C3/NC(=O)N(Cc4ccc(Cl)c(Cl)c4)C3=O)cc2C(C)CC1(C)C. The van der Waals surface area contributed by atoms with Gasteiger partial charge in [-0.25, -0.2) is 4.79 Å². The zero-order valence-electron chi connectivity index (χ0n) is 19.4. The fourth-order valence-electron chi connectivity index (χ4n) is 4.95. The third kappa shape index (κ3) is 4.62. The van der Waals surface area contributed by atoms with E-state index in [2.05, 4.69) is 50.0 Å². The van der Waals surface area contributed by atoms with E-state index < -0.39 is 6.03 Å². The lowest BCUT2D eigenvalue weighted by molar-refractivity contribution is -0.123. The van der Waals surface area contributed by atoms with Crippen LogP contribution in [0, 0.1) is 0 Å². The number of halogens is 2. The fraction of sp³-hybridized carbons (Fsp3) is 0.385. The smallest absolute Gasteiger partial charge is 0.329 e. The van der Waals surface area contributed by atoms with Crippen LogP contribution in [-0.2, 0) is 11.3 Å². The van der Waals surface area contributed by atoms with Crippen LogP contribution in [0.25, 0.3) is 6.08 Å². The molecule has 2 aromatic rings. The van der Waals surface area contributed by atoms with Gasteiger partial charge in [0.15, 0.2) is 0 Å². The first-order valence-electron chi connectivity index (χ1n) is 11.3. The van der Waals surface area contributed by atoms with Gasteiger partial charge in [-0.15, -0.1) is 0 Å². The zero-order valence-corrected chi connectivity index (χ0v) is 20.9. The van der Waals surface area contributed by atoms with Crippen molar-refractivity contribution in [2.75, 3.05) is 11.4 Å². The minimum atomic E-state index is -0.445. The highest BCUT2D eigenvalue weighted by molar-refractivity contribution is 6.42. The molecular weight excluding hydrogens is 457 g/mol. The maximum Gasteiger partial charge on any atom is 0.329 e. The van der Waals surface area contributed by atoms with E-state index >= 15 is 0 Å². The number of carbonyl (C=O) groups excluding carboxylic acids is 2. The van der Waals surface area contributed by atoms with Crippen molar-refractivity contribution in [3.05, 3.63) is 68.8 Å². The van der Waals surface area contributed by atoms with Crippen molar-refractivity contribution in [1.82, 2.24) is 10.2 Å². The highest BCUT2D eigenvalue weighted by atomic mass is 35.5. The first-order valence-corrected chi connectivity index (χ1v) is 12.1. The normalized spacial score (nSPS) is 20.9. The number of nitrogens with zero attached hydrogens (tertiary/aromatic N) is 2. The summed E-state index contributed by atoms with van der Waals surface area (Å²) in [4.78, 5) is 29.1. The third-order valence-corrected chi connectivity index (χ3v) is 7.19. The molecule has 0 aromatic heterocycles. The highest BCUT2D eigenvalue weighted by Crippen LogP contribution is 2.43. The second-order valence-corrected chi connectivity index (χ2v) is 10.3. The molecule has 0 bridgehead atoms. The average molecular weight is 486 g/mol. The Balaban J connectivity index is 1.59. The van der Waals surface area contributed by atoms with Crippen molar-refractivity contribution >= 4 is 46.9 Å². The molecule has 0 spiro atoms. The quantitative estimate of drug-likeness (QED) is 0.383. The van der Waals surface area contributed by atoms with Crippen molar-refractivity contribution in [3.8, 4) is 0 Å². The molecule has 7 heteroatoms. The summed E-state index contributed by atoms with van der Waals surface area (Å²) in [7, 11) is 0. The molecule has 0 aliphatic carbocycles. The van der Waals surface area contributed by atoms with Gasteiger partial charge in [0.2, 0.25) is 0 Å². The van der Waals surface area contributed by atoms with Crippen LogP contribution in [0.3, 0.4) is 0 Å². The molecule has 4 rings (SSSR count). The largest absolute Gasteiger partial charge is 0.366 e. The van der Waals surface area contributed by atoms with E-state index in [0.717, 1.165) is 30.5 Å². The summed E-state index contributed by atoms with van der Waals surface area (Å²) in [5.41, 5.74) is 4.54. The van der Waals surface area contributed by atoms with Crippen LogP contribution < -0.4 is 10.2 Å². The minimum absolute atomic E-state index is 0.100. The van der Waals surface area contributed by atoms with E-state index in [4.69, 9.17) is 23.2 Å². The van der Waals surface area contributed by atoms with E-state index in [-0.39, 0.29) is 23.7 Å². The van der Waals surface area contributed by atoms with Crippen LogP contribution in [0.2, 0.25) is 10.0 Å². The average Bonchev–Trinajstić information content (AvgIpc) is 3.01. The minimum Gasteiger partial charge on any atom is -0.366 e. The number of rotatable bonds is 5. The van der Waals surface area contributed by atoms with Crippen LogP contribution in [0.4, 0.5) is 10.5 Å². The molecule has 2 aromatic carbocycles. The molecule has 174 valence electrons. The second-order valence-electron chi connectivity index (χ2n) is 9.52. The Kier molecular flexibility index (Phi) is 6.47. The predicted molar refractivity (Wildman–Crippen MR) is 135 cm³/mol. The molecule has 1 N–H and O–H groups in total. The van der Waals surface area contributed by atoms with E-state index in [1.165, 1.54) is 16.2 Å². The predicted octanol–water partition coefficient (Wildman–Crippen LogP) is 6.59. The van der Waals surface area contributed by atoms with Crippen molar-refractivity contribution < 1.29 is 9.59 Å². The molecular formula is C26H29Cl2N3O2. The standard InChI is InChI=1S/C26H29Cl2N3O2/c1-5-10-31-23-9-7-17(11-19(23)16(2)14-26(31,3)4)13-22-24(32)30(25(33)29-22)15-18-6-8-20(27)21(28)12-18/h6-9,11-13,16H,5,10,14-15H2,1-4H3,(H,29,33)/b22-13+. The Morgan fingerprint density at radius 1 is 1.12 bits per heavy atom. The summed E-state index contributed by atoms with van der Waals surface area (Å²) in [6, 6.07) is 10.9. The summed E-state index contributed by atoms with van der Waals surface area (Å²) in [5, 5.41) is 3.53. The Morgan fingerprint density at radius 3 is 2.58 bits per heavy atom. The molecule has 2 aliphatic heterocycles. The van der Waals surface area contributed by atoms with Crippen molar-refractivity contribution in [3.63, 3.8) is 0 Å². The number of hydrogen-bond acceptors (Lipinski definition) is 3. The lowest BCUT2D eigenvalue weighted by Gasteiger charge is -2.47. The highest BCUT2D eigenvalue weighted by Gasteiger charge is 2.36. The van der Waals surface area contributed by atoms with Gasteiger partial charge in [0.1, 0.15) is 5.70 Å². The first-order chi connectivity index (χ1) is 15.6. The van der Waals surface area contributed by atoms with Gasteiger partial charge in [0.05, 0.1) is 16.6 Å². The molecule has 1 atom stereocenters. The third-order valence-electron chi connectivity index (χ3n) is 6.45. The number of imide groups is 1. The molecule has 0 saturated carbocycles. The van der Waals surface area contributed by atoms with Crippen molar-refractivity contribution in [2.45, 2.75) is 58.5 Å². The number of amides is 3. The monoisotopic (exact) mass is 485 g/mol. The molecule has 2 heterocycles. The van der Waals surface area contributed by atoms with Crippen molar-refractivity contribution in [2.24, 2.45) is 0 Å². The summed E-state index contributed by atoms with van der Waals surface area (Å²) < 4.78 is 0. The molecule has 3 amide bonds. The van der Waals surface area contributed by atoms with Gasteiger partial charge >= 0.3 is 6.03 Å². The van der Waals surface area contributed by atoms with Crippen LogP contribution in [0.1, 0.15) is 63.1 Å². The molecule has 5 nitrogen and oxygen atoms in total. The first kappa shape index (κ1) is 23.7. The molecule has 0 radical (unpaired) electrons. The van der Waals surface area contributed by atoms with Gasteiger partial charge in [-0.1, -0.05) is 49.2 Å². The van der Waals surface area contributed by atoms with Gasteiger partial charge in [-0.2, -0.15) is 0 Å². The van der Waals surface area contributed by atoms with Gasteiger partial charge in [0.25, 0.3) is 5.91 Å². The Morgan fingerprint density at radius 2 is 1.88 bits per heavy atom. The van der Waals surface area contributed by atoms with E-state index in [0.29, 0.717) is 16.0 Å². The van der Waals surface area contributed by atoms with E-state index in [1.807, 2.05) is 6.07 Å². The maximum absolute atomic E-state index is 13.0. The van der Waals surface area contributed by atoms with Crippen LogP contribution in [-0.4, -0.2) is 28.9 Å². The topological polar surface area (TPSA) is 52.7 Å². The molecule has 2 aliphatic rings. The Hall–Kier alpha value is -2.50. The number of hydrogen-bond donors (Lipinski definition) is 1. The number of nitrogens with one attached hydrogen (secondary N) is 1. The summed E-state index contributed by atoms with van der Waals surface area (Å²) in [6.45, 7) is 10.2. The lowest BCUT2D eigenvalue weighted by atomic mass is 9.79. The number of benzene rings is 2. The summed E-state index contributed by atoms with van der Waals surface area (Å²) in [5.74, 6) is 0.0482. The zero-order chi connectivity index (χ0) is 23.9. The van der Waals surface area contributed by atoms with Crippen LogP contribution in [0.15, 0.2) is 42.1 Å². The Labute approximate surface area is 205 Å². The summed E-state index contributed by atoms with van der Waals surface area (Å²) in [6.07, 6.45) is 3.90. The van der Waals surface area contributed by atoms with Gasteiger partial charge in [-0.05, 0) is 79.6 Å². The molecule has 1 unspecified atom stereocenters. The van der Waals surface area contributed by atoms with Crippen LogP contribution in [0.5, 0.6) is 0 Å². The van der Waals surface area contributed by atoms with Gasteiger partial charge in [-0.3, -0.25) is 9.69 Å². The lowest BCUT2D eigenvalue weighted by Crippen LogP contribution is -2.48. The number of fused-ring (bicyclic) bond motifs is 1. The molecule has 1 fully saturated rings. The maximum atomic E-state index is 13.0. The van der Waals surface area contributed by atoms with Crippen molar-refractivity contribution in [1.29, 1.82) is 0 Å². The van der Waals surface area contributed by atoms with Gasteiger partial charge in [0, 0.05) is 17.8 Å². The number of urea groups is 1. The number of carbonyl (C=O) groups is 2. The second kappa shape index (κ2) is 9.03. The summed E-state index contributed by atoms with van der Waals surface area (Å²) >= 11 is 12.0. The van der Waals surface area contributed by atoms with Crippen LogP contribution >= 0.6 is 23.2 Å².